The molecule has 0 aliphatic heterocycles. The van der Waals surface area contributed by atoms with E-state index in [0.29, 0.717) is 32.2 Å². The molecule has 22 heavy (non-hydrogen) atoms. The van der Waals surface area contributed by atoms with Crippen molar-refractivity contribution in [1.82, 2.24) is 4.98 Å². The van der Waals surface area contributed by atoms with Crippen LogP contribution in [0.2, 0.25) is 10.0 Å². The van der Waals surface area contributed by atoms with Crippen molar-refractivity contribution in [2.24, 2.45) is 0 Å². The van der Waals surface area contributed by atoms with Gasteiger partial charge in [0.05, 0.1) is 33.5 Å². The topological polar surface area (TPSA) is 48.7 Å². The van der Waals surface area contributed by atoms with Gasteiger partial charge in [-0.1, -0.05) is 23.2 Å². The van der Waals surface area contributed by atoms with Crippen LogP contribution in [0.4, 0.5) is 15.8 Å². The average Bonchev–Trinajstić information content (AvgIpc) is 2.51. The summed E-state index contributed by atoms with van der Waals surface area (Å²) in [6.07, 6.45) is 1.48. The van der Waals surface area contributed by atoms with Gasteiger partial charge in [-0.15, -0.1) is 0 Å². The Morgan fingerprint density at radius 2 is 1.95 bits per heavy atom. The molecule has 0 aliphatic carbocycles. The Morgan fingerprint density at radius 1 is 1.14 bits per heavy atom. The summed E-state index contributed by atoms with van der Waals surface area (Å²) in [4.78, 5) is 4.20. The van der Waals surface area contributed by atoms with Crippen LogP contribution in [0.3, 0.4) is 0 Å². The number of halogens is 3. The van der Waals surface area contributed by atoms with Crippen molar-refractivity contribution in [2.45, 2.75) is 0 Å². The van der Waals surface area contributed by atoms with Gasteiger partial charge in [0.25, 0.3) is 0 Å². The van der Waals surface area contributed by atoms with Crippen molar-refractivity contribution in [3.05, 3.63) is 64.0 Å². The zero-order valence-electron chi connectivity index (χ0n) is 11.1. The highest BCUT2D eigenvalue weighted by molar-refractivity contribution is 6.34. The fourth-order valence-corrected chi connectivity index (χ4v) is 2.45. The lowest BCUT2D eigenvalue weighted by atomic mass is 10.1. The van der Waals surface area contributed by atoms with E-state index in [4.69, 9.17) is 28.5 Å². The van der Waals surface area contributed by atoms with Crippen molar-refractivity contribution in [3.63, 3.8) is 0 Å². The molecular formula is C16H8Cl2FN3. The second-order valence-corrected chi connectivity index (χ2v) is 5.42. The molecule has 0 radical (unpaired) electrons. The molecule has 3 rings (SSSR count). The van der Waals surface area contributed by atoms with Crippen LogP contribution < -0.4 is 5.32 Å². The van der Waals surface area contributed by atoms with Crippen LogP contribution in [0.1, 0.15) is 5.56 Å². The molecule has 3 aromatic rings. The summed E-state index contributed by atoms with van der Waals surface area (Å²) in [5.41, 5.74) is 1.85. The van der Waals surface area contributed by atoms with E-state index >= 15 is 0 Å². The first-order valence-electron chi connectivity index (χ1n) is 6.29. The van der Waals surface area contributed by atoms with E-state index in [1.54, 1.807) is 24.3 Å². The fourth-order valence-electron chi connectivity index (χ4n) is 2.09. The lowest BCUT2D eigenvalue weighted by Crippen LogP contribution is -1.97. The lowest BCUT2D eigenvalue weighted by Gasteiger charge is -2.12. The molecule has 2 aromatic carbocycles. The quantitative estimate of drug-likeness (QED) is 0.693. The fraction of sp³-hybridized carbons (Fsp3) is 0. The molecule has 108 valence electrons. The maximum atomic E-state index is 14.0. The first-order valence-corrected chi connectivity index (χ1v) is 7.04. The summed E-state index contributed by atoms with van der Waals surface area (Å²) in [5, 5.41) is 13.2. The Bertz CT molecular complexity index is 919. The van der Waals surface area contributed by atoms with Gasteiger partial charge in [0.2, 0.25) is 0 Å². The molecule has 1 heterocycles. The number of nitrogens with one attached hydrogen (secondary N) is 1. The number of hydrogen-bond acceptors (Lipinski definition) is 3. The van der Waals surface area contributed by atoms with Crippen LogP contribution >= 0.6 is 23.2 Å². The van der Waals surface area contributed by atoms with Gasteiger partial charge >= 0.3 is 0 Å². The Labute approximate surface area is 135 Å². The standard InChI is InChI=1S/C16H8Cl2FN3/c17-10-2-4-15(13(19)6-10)22-16-11-5-9(7-20)1-3-14(11)21-8-12(16)18/h1-6,8H,(H,21,22). The van der Waals surface area contributed by atoms with Crippen LogP contribution in [-0.4, -0.2) is 4.98 Å². The number of nitriles is 1. The van der Waals surface area contributed by atoms with Gasteiger partial charge < -0.3 is 5.32 Å². The van der Waals surface area contributed by atoms with E-state index in [0.717, 1.165) is 0 Å². The number of fused-ring (bicyclic) bond motifs is 1. The minimum Gasteiger partial charge on any atom is -0.351 e. The lowest BCUT2D eigenvalue weighted by molar-refractivity contribution is 0.632. The normalized spacial score (nSPS) is 10.5. The third-order valence-electron chi connectivity index (χ3n) is 3.14. The molecule has 1 aromatic heterocycles. The Morgan fingerprint density at radius 3 is 2.68 bits per heavy atom. The molecule has 0 unspecified atom stereocenters. The summed E-state index contributed by atoms with van der Waals surface area (Å²) in [6, 6.07) is 11.4. The summed E-state index contributed by atoms with van der Waals surface area (Å²) in [5.74, 6) is -0.495. The van der Waals surface area contributed by atoms with Crippen LogP contribution in [0.5, 0.6) is 0 Å². The number of anilines is 2. The molecule has 0 atom stereocenters. The van der Waals surface area contributed by atoms with E-state index in [1.807, 2.05) is 0 Å². The molecule has 0 fully saturated rings. The molecule has 0 spiro atoms. The van der Waals surface area contributed by atoms with E-state index in [2.05, 4.69) is 16.4 Å². The molecule has 0 saturated carbocycles. The summed E-state index contributed by atoms with van der Waals surface area (Å²) in [6.45, 7) is 0. The van der Waals surface area contributed by atoms with Crippen LogP contribution in [-0.2, 0) is 0 Å². The minimum absolute atomic E-state index is 0.237. The van der Waals surface area contributed by atoms with Gasteiger partial charge in [0.15, 0.2) is 0 Å². The number of pyridine rings is 1. The highest BCUT2D eigenvalue weighted by Crippen LogP contribution is 2.33. The molecular weight excluding hydrogens is 324 g/mol. The van der Waals surface area contributed by atoms with Gasteiger partial charge in [0.1, 0.15) is 5.82 Å². The highest BCUT2D eigenvalue weighted by Gasteiger charge is 2.11. The smallest absolute Gasteiger partial charge is 0.148 e. The third-order valence-corrected chi connectivity index (χ3v) is 3.66. The van der Waals surface area contributed by atoms with Gasteiger partial charge in [-0.25, -0.2) is 4.39 Å². The number of rotatable bonds is 2. The molecule has 0 aliphatic rings. The Kier molecular flexibility index (Phi) is 3.84. The Balaban J connectivity index is 2.17. The molecule has 0 saturated heterocycles. The largest absolute Gasteiger partial charge is 0.351 e. The minimum atomic E-state index is -0.495. The summed E-state index contributed by atoms with van der Waals surface area (Å²) >= 11 is 11.9. The SMILES string of the molecule is N#Cc1ccc2ncc(Cl)c(Nc3ccc(Cl)cc3F)c2c1. The van der Waals surface area contributed by atoms with Gasteiger partial charge in [-0.05, 0) is 36.4 Å². The summed E-state index contributed by atoms with van der Waals surface area (Å²) < 4.78 is 14.0. The highest BCUT2D eigenvalue weighted by atomic mass is 35.5. The van der Waals surface area contributed by atoms with Gasteiger partial charge in [-0.2, -0.15) is 5.26 Å². The van der Waals surface area contributed by atoms with E-state index < -0.39 is 5.82 Å². The van der Waals surface area contributed by atoms with Crippen LogP contribution in [0.15, 0.2) is 42.6 Å². The van der Waals surface area contributed by atoms with E-state index in [-0.39, 0.29) is 5.69 Å². The molecule has 6 heteroatoms. The first kappa shape index (κ1) is 14.6. The van der Waals surface area contributed by atoms with Crippen LogP contribution in [0, 0.1) is 17.1 Å². The maximum Gasteiger partial charge on any atom is 0.148 e. The van der Waals surface area contributed by atoms with Crippen molar-refractivity contribution in [2.75, 3.05) is 5.32 Å². The van der Waals surface area contributed by atoms with Crippen molar-refractivity contribution in [1.29, 1.82) is 5.26 Å². The number of benzene rings is 2. The second kappa shape index (κ2) is 5.80. The van der Waals surface area contributed by atoms with E-state index in [1.165, 1.54) is 18.3 Å². The van der Waals surface area contributed by atoms with Crippen molar-refractivity contribution < 1.29 is 4.39 Å². The number of hydrogen-bond donors (Lipinski definition) is 1. The zero-order chi connectivity index (χ0) is 15.7. The van der Waals surface area contributed by atoms with Gasteiger partial charge in [-0.3, -0.25) is 4.98 Å². The summed E-state index contributed by atoms with van der Waals surface area (Å²) in [7, 11) is 0. The average molecular weight is 332 g/mol. The number of nitrogens with zero attached hydrogens (tertiary/aromatic N) is 2. The zero-order valence-corrected chi connectivity index (χ0v) is 12.6. The molecule has 0 bridgehead atoms. The predicted octanol–water partition coefficient (Wildman–Crippen LogP) is 5.30. The number of aromatic nitrogens is 1. The van der Waals surface area contributed by atoms with Crippen LogP contribution in [0.25, 0.3) is 10.9 Å². The second-order valence-electron chi connectivity index (χ2n) is 4.57. The maximum absolute atomic E-state index is 14.0. The molecule has 3 nitrogen and oxygen atoms in total. The molecule has 1 N–H and O–H groups in total. The van der Waals surface area contributed by atoms with E-state index in [9.17, 15) is 4.39 Å². The van der Waals surface area contributed by atoms with Gasteiger partial charge in [0, 0.05) is 16.6 Å². The first-order chi connectivity index (χ1) is 10.6. The predicted molar refractivity (Wildman–Crippen MR) is 86.2 cm³/mol. The van der Waals surface area contributed by atoms with Crippen molar-refractivity contribution in [3.8, 4) is 6.07 Å². The monoisotopic (exact) mass is 331 g/mol. The third kappa shape index (κ3) is 2.69. The Hall–Kier alpha value is -2.35. The molecule has 0 amide bonds. The van der Waals surface area contributed by atoms with Crippen molar-refractivity contribution >= 4 is 45.5 Å².